The first-order chi connectivity index (χ1) is 13.3. The monoisotopic (exact) mass is 367 g/mol. The Morgan fingerprint density at radius 3 is 2.85 bits per heavy atom. The zero-order chi connectivity index (χ0) is 18.5. The van der Waals surface area contributed by atoms with E-state index in [1.54, 1.807) is 0 Å². The van der Waals surface area contributed by atoms with Crippen molar-refractivity contribution in [2.75, 3.05) is 31.2 Å². The summed E-state index contributed by atoms with van der Waals surface area (Å²) >= 11 is 0. The van der Waals surface area contributed by atoms with Crippen LogP contribution in [0.5, 0.6) is 5.75 Å². The minimum absolute atomic E-state index is 0.381. The molecule has 2 aliphatic heterocycles. The summed E-state index contributed by atoms with van der Waals surface area (Å²) in [5.41, 5.74) is 3.67. The van der Waals surface area contributed by atoms with E-state index in [1.165, 1.54) is 16.8 Å². The van der Waals surface area contributed by atoms with Crippen LogP contribution in [0.25, 0.3) is 0 Å². The van der Waals surface area contributed by atoms with E-state index in [1.807, 2.05) is 42.7 Å². The van der Waals surface area contributed by atoms with Crippen LogP contribution in [-0.4, -0.2) is 37.4 Å². The Morgan fingerprint density at radius 2 is 2.04 bits per heavy atom. The fourth-order valence-electron chi connectivity index (χ4n) is 3.70. The standard InChI is InChI=1S/C21H25N3O3/c25-21(23-14-16-6-11-26-12-7-16)27-19-1-2-20-18(13-19)5-10-24(20)15-17-3-8-22-9-4-17/h1-4,8-9,13,16H,5-7,10-12,14-15H2,(H,23,25). The minimum atomic E-state index is -0.381. The van der Waals surface area contributed by atoms with Gasteiger partial charge in [-0.25, -0.2) is 4.79 Å². The second-order valence-electron chi connectivity index (χ2n) is 7.14. The van der Waals surface area contributed by atoms with Gasteiger partial charge in [0, 0.05) is 50.9 Å². The van der Waals surface area contributed by atoms with Gasteiger partial charge in [0.2, 0.25) is 0 Å². The van der Waals surface area contributed by atoms with Gasteiger partial charge >= 0.3 is 6.09 Å². The number of carbonyl (C=O) groups excluding carboxylic acids is 1. The lowest BCUT2D eigenvalue weighted by atomic mass is 10.0. The molecule has 4 rings (SSSR count). The molecule has 1 aromatic heterocycles. The minimum Gasteiger partial charge on any atom is -0.410 e. The molecule has 0 saturated carbocycles. The number of amides is 1. The molecule has 1 saturated heterocycles. The topological polar surface area (TPSA) is 63.7 Å². The third kappa shape index (κ3) is 4.57. The summed E-state index contributed by atoms with van der Waals surface area (Å²) in [7, 11) is 0. The van der Waals surface area contributed by atoms with E-state index in [0.717, 1.165) is 45.6 Å². The Labute approximate surface area is 159 Å². The van der Waals surface area contributed by atoms with Crippen LogP contribution in [0, 0.1) is 5.92 Å². The van der Waals surface area contributed by atoms with Gasteiger partial charge in [0.1, 0.15) is 5.75 Å². The van der Waals surface area contributed by atoms with Gasteiger partial charge in [-0.3, -0.25) is 4.98 Å². The van der Waals surface area contributed by atoms with Gasteiger partial charge < -0.3 is 19.7 Å². The van der Waals surface area contributed by atoms with Crippen molar-refractivity contribution in [3.63, 3.8) is 0 Å². The quantitative estimate of drug-likeness (QED) is 0.879. The fraction of sp³-hybridized carbons (Fsp3) is 0.429. The second kappa shape index (κ2) is 8.39. The molecule has 3 heterocycles. The Morgan fingerprint density at radius 1 is 1.22 bits per heavy atom. The van der Waals surface area contributed by atoms with Crippen molar-refractivity contribution in [3.05, 3.63) is 53.9 Å². The van der Waals surface area contributed by atoms with Gasteiger partial charge in [-0.05, 0) is 66.6 Å². The van der Waals surface area contributed by atoms with Crippen LogP contribution in [0.1, 0.15) is 24.0 Å². The molecule has 6 heteroatoms. The highest BCUT2D eigenvalue weighted by atomic mass is 16.6. The first-order valence-electron chi connectivity index (χ1n) is 9.58. The van der Waals surface area contributed by atoms with Gasteiger partial charge in [0.15, 0.2) is 0 Å². The maximum absolute atomic E-state index is 12.1. The summed E-state index contributed by atoms with van der Waals surface area (Å²) in [5.74, 6) is 1.08. The first-order valence-corrected chi connectivity index (χ1v) is 9.58. The Bertz CT molecular complexity index is 775. The zero-order valence-electron chi connectivity index (χ0n) is 15.4. The number of pyridine rings is 1. The van der Waals surface area contributed by atoms with Gasteiger partial charge in [0.05, 0.1) is 0 Å². The molecule has 0 bridgehead atoms. The molecule has 0 radical (unpaired) electrons. The molecule has 1 N–H and O–H groups in total. The Kier molecular flexibility index (Phi) is 5.53. The molecular weight excluding hydrogens is 342 g/mol. The van der Waals surface area contributed by atoms with Crippen LogP contribution in [0.15, 0.2) is 42.7 Å². The van der Waals surface area contributed by atoms with Crippen LogP contribution >= 0.6 is 0 Å². The SMILES string of the molecule is O=C(NCC1CCOCC1)Oc1ccc2c(c1)CCN2Cc1ccncc1. The van der Waals surface area contributed by atoms with E-state index in [0.29, 0.717) is 18.2 Å². The van der Waals surface area contributed by atoms with E-state index in [-0.39, 0.29) is 6.09 Å². The summed E-state index contributed by atoms with van der Waals surface area (Å²) < 4.78 is 10.8. The average Bonchev–Trinajstić information content (AvgIpc) is 3.10. The molecule has 0 unspecified atom stereocenters. The molecule has 0 spiro atoms. The van der Waals surface area contributed by atoms with Crippen molar-refractivity contribution < 1.29 is 14.3 Å². The molecule has 2 aromatic rings. The van der Waals surface area contributed by atoms with E-state index in [4.69, 9.17) is 9.47 Å². The number of anilines is 1. The molecule has 6 nitrogen and oxygen atoms in total. The lowest BCUT2D eigenvalue weighted by Gasteiger charge is -2.22. The number of rotatable bonds is 5. The lowest BCUT2D eigenvalue weighted by molar-refractivity contribution is 0.0663. The van der Waals surface area contributed by atoms with Crippen LogP contribution in [0.4, 0.5) is 10.5 Å². The summed E-state index contributed by atoms with van der Waals surface area (Å²) in [4.78, 5) is 18.5. The molecule has 1 aromatic carbocycles. The lowest BCUT2D eigenvalue weighted by Crippen LogP contribution is -2.34. The van der Waals surface area contributed by atoms with Crippen molar-refractivity contribution in [1.29, 1.82) is 0 Å². The van der Waals surface area contributed by atoms with Gasteiger partial charge in [-0.15, -0.1) is 0 Å². The zero-order valence-corrected chi connectivity index (χ0v) is 15.4. The predicted molar refractivity (Wildman–Crippen MR) is 103 cm³/mol. The van der Waals surface area contributed by atoms with Gasteiger partial charge in [-0.1, -0.05) is 0 Å². The second-order valence-corrected chi connectivity index (χ2v) is 7.14. The van der Waals surface area contributed by atoms with Crippen molar-refractivity contribution in [2.24, 2.45) is 5.92 Å². The number of hydrogen-bond donors (Lipinski definition) is 1. The van der Waals surface area contributed by atoms with Crippen molar-refractivity contribution in [1.82, 2.24) is 10.3 Å². The maximum Gasteiger partial charge on any atom is 0.412 e. The van der Waals surface area contributed by atoms with Crippen molar-refractivity contribution in [2.45, 2.75) is 25.8 Å². The maximum atomic E-state index is 12.1. The number of ether oxygens (including phenoxy) is 2. The van der Waals surface area contributed by atoms with E-state index < -0.39 is 0 Å². The van der Waals surface area contributed by atoms with E-state index >= 15 is 0 Å². The molecular formula is C21H25N3O3. The van der Waals surface area contributed by atoms with Gasteiger partial charge in [0.25, 0.3) is 0 Å². The first kappa shape index (κ1) is 17.8. The molecule has 2 aliphatic rings. The number of nitrogens with one attached hydrogen (secondary N) is 1. The summed E-state index contributed by atoms with van der Waals surface area (Å²) in [6.07, 6.45) is 6.21. The van der Waals surface area contributed by atoms with Crippen molar-refractivity contribution >= 4 is 11.8 Å². The average molecular weight is 367 g/mol. The fourth-order valence-corrected chi connectivity index (χ4v) is 3.70. The summed E-state index contributed by atoms with van der Waals surface area (Å²) in [5, 5.41) is 2.88. The van der Waals surface area contributed by atoms with Crippen LogP contribution < -0.4 is 15.0 Å². The Hall–Kier alpha value is -2.60. The Balaban J connectivity index is 1.32. The molecule has 142 valence electrons. The van der Waals surface area contributed by atoms with Crippen LogP contribution in [-0.2, 0) is 17.7 Å². The van der Waals surface area contributed by atoms with E-state index in [2.05, 4.69) is 15.2 Å². The summed E-state index contributed by atoms with van der Waals surface area (Å²) in [6.45, 7) is 4.04. The molecule has 1 fully saturated rings. The van der Waals surface area contributed by atoms with Crippen molar-refractivity contribution in [3.8, 4) is 5.75 Å². The number of aromatic nitrogens is 1. The third-order valence-electron chi connectivity index (χ3n) is 5.25. The smallest absolute Gasteiger partial charge is 0.410 e. The van der Waals surface area contributed by atoms with E-state index in [9.17, 15) is 4.79 Å². The number of hydrogen-bond acceptors (Lipinski definition) is 5. The van der Waals surface area contributed by atoms with Gasteiger partial charge in [-0.2, -0.15) is 0 Å². The number of benzene rings is 1. The molecule has 0 atom stereocenters. The highest BCUT2D eigenvalue weighted by Crippen LogP contribution is 2.32. The molecule has 27 heavy (non-hydrogen) atoms. The third-order valence-corrected chi connectivity index (χ3v) is 5.25. The predicted octanol–water partition coefficient (Wildman–Crippen LogP) is 3.16. The largest absolute Gasteiger partial charge is 0.412 e. The highest BCUT2D eigenvalue weighted by Gasteiger charge is 2.20. The van der Waals surface area contributed by atoms with Crippen LogP contribution in [0.2, 0.25) is 0 Å². The number of carbonyl (C=O) groups is 1. The number of nitrogens with zero attached hydrogens (tertiary/aromatic N) is 2. The molecule has 0 aliphatic carbocycles. The summed E-state index contributed by atoms with van der Waals surface area (Å²) in [6, 6.07) is 9.98. The highest BCUT2D eigenvalue weighted by molar-refractivity contribution is 5.71. The van der Waals surface area contributed by atoms with Crippen LogP contribution in [0.3, 0.4) is 0 Å². The number of fused-ring (bicyclic) bond motifs is 1. The molecule has 1 amide bonds. The normalized spacial score (nSPS) is 16.8.